The molecule has 0 aliphatic heterocycles. The Morgan fingerprint density at radius 1 is 0.321 bits per heavy atom. The number of halogens is 2. The van der Waals surface area contributed by atoms with E-state index in [2.05, 4.69) is 283 Å². The number of hydrogen-bond acceptors (Lipinski definition) is 0. The summed E-state index contributed by atoms with van der Waals surface area (Å²) >= 11 is 2.90. The van der Waals surface area contributed by atoms with Crippen LogP contribution in [-0.4, -0.2) is 11.0 Å². The van der Waals surface area contributed by atoms with Crippen LogP contribution < -0.4 is 24.8 Å². The van der Waals surface area contributed by atoms with Crippen molar-refractivity contribution in [3.05, 3.63) is 265 Å². The van der Waals surface area contributed by atoms with Crippen molar-refractivity contribution < 1.29 is 70.8 Å². The molecule has 78 heavy (non-hydrogen) atoms. The van der Waals surface area contributed by atoms with Gasteiger partial charge in [-0.05, 0) is 59.8 Å². The largest absolute Gasteiger partial charge is 1.00 e. The molecule has 0 bridgehead atoms. The van der Waals surface area contributed by atoms with Gasteiger partial charge in [-0.25, -0.2) is 0 Å². The van der Waals surface area contributed by atoms with Crippen molar-refractivity contribution in [2.24, 2.45) is 0 Å². The van der Waals surface area contributed by atoms with Crippen LogP contribution >= 0.6 is 0 Å². The summed E-state index contributed by atoms with van der Waals surface area (Å²) in [7, 11) is 0. The predicted molar refractivity (Wildman–Crippen MR) is 328 cm³/mol. The van der Waals surface area contributed by atoms with E-state index >= 15 is 0 Å². The molecule has 0 radical (unpaired) electrons. The first-order chi connectivity index (χ1) is 37.0. The molecule has 2 fully saturated rings. The van der Waals surface area contributed by atoms with Gasteiger partial charge in [0.05, 0.1) is 0 Å². The maximum atomic E-state index is 2.40. The van der Waals surface area contributed by atoms with Crippen LogP contribution in [0.15, 0.2) is 243 Å². The Morgan fingerprint density at radius 2 is 0.551 bits per heavy atom. The van der Waals surface area contributed by atoms with Crippen LogP contribution in [0, 0.1) is 13.8 Å². The van der Waals surface area contributed by atoms with Crippen LogP contribution in [0.25, 0.3) is 87.6 Å². The van der Waals surface area contributed by atoms with Gasteiger partial charge in [0.25, 0.3) is 0 Å². The Morgan fingerprint density at radius 3 is 0.795 bits per heavy atom. The van der Waals surface area contributed by atoms with Gasteiger partial charge in [0.15, 0.2) is 0 Å². The van der Waals surface area contributed by atoms with E-state index in [1.807, 2.05) is 0 Å². The van der Waals surface area contributed by atoms with E-state index in [1.165, 1.54) is 182 Å². The van der Waals surface area contributed by atoms with Gasteiger partial charge in [-0.15, -0.1) is 138 Å². The zero-order valence-corrected chi connectivity index (χ0v) is 56.5. The molecule has 0 saturated heterocycles. The van der Waals surface area contributed by atoms with Crippen LogP contribution in [0.1, 0.15) is 59.8 Å². The Bertz CT molecular complexity index is 3560. The summed E-state index contributed by atoms with van der Waals surface area (Å²) in [6.45, 7) is 13.6. The van der Waals surface area contributed by atoms with Crippen molar-refractivity contribution in [3.63, 3.8) is 0 Å². The van der Waals surface area contributed by atoms with Crippen LogP contribution in [0.4, 0.5) is 0 Å². The topological polar surface area (TPSA) is 0 Å². The molecule has 0 atom stereocenters. The minimum atomic E-state index is 0. The third-order valence-corrected chi connectivity index (χ3v) is 13.8. The fourth-order valence-electron chi connectivity index (χ4n) is 10.1. The first kappa shape index (κ1) is 60.6. The first-order valence-corrected chi connectivity index (χ1v) is 42.7. The van der Waals surface area contributed by atoms with E-state index in [0.29, 0.717) is 0 Å². The molecule has 0 spiro atoms. The number of benzene rings is 8. The summed E-state index contributed by atoms with van der Waals surface area (Å²) in [4.78, 5) is 0. The van der Waals surface area contributed by atoms with Crippen LogP contribution in [0.3, 0.4) is 0 Å². The van der Waals surface area contributed by atoms with Crippen molar-refractivity contribution in [2.45, 2.75) is 77.6 Å². The van der Waals surface area contributed by atoms with Crippen LogP contribution in [0.5, 0.6) is 0 Å². The Kier molecular flexibility index (Phi) is 22.9. The van der Waals surface area contributed by atoms with Crippen LogP contribution in [-0.2, 0) is 46.0 Å². The maximum absolute atomic E-state index is 2.40. The van der Waals surface area contributed by atoms with E-state index in [1.54, 1.807) is 0 Å². The SMILES string of the molecule is C[Si](C)=[Hf+2].C[Si](C)=[Hf+2].Cc1cc2c(-c3ccccc3)cccc2[cH-]1.Cc1cc2c(-c3ccccc3)cccc2[cH-]1.[Cl-].[Cl-].c1ccc(-c2cccc3[cH-]c(C4CC4)cc23)cc1.c1ccc(-c2cccc3[cH-]c(C4CC4)cc23)cc1. The summed E-state index contributed by atoms with van der Waals surface area (Å²) in [5, 5.41) is 11.0. The van der Waals surface area contributed by atoms with Crippen molar-refractivity contribution >= 4 is 54.1 Å². The molecule has 0 heterocycles. The van der Waals surface area contributed by atoms with Gasteiger partial charge < -0.3 is 24.8 Å². The molecular weight excluding hydrogens is 1350 g/mol. The van der Waals surface area contributed by atoms with Gasteiger partial charge in [-0.1, -0.05) is 182 Å². The van der Waals surface area contributed by atoms with Gasteiger partial charge in [0.2, 0.25) is 0 Å². The molecule has 6 heteroatoms. The number of hydrogen-bond donors (Lipinski definition) is 0. The predicted octanol–water partition coefficient (Wildman–Crippen LogP) is 14.9. The Hall–Kier alpha value is -5.05. The summed E-state index contributed by atoms with van der Waals surface area (Å²) in [5.41, 5.74) is 16.8. The fourth-order valence-corrected chi connectivity index (χ4v) is 10.1. The molecule has 14 rings (SSSR count). The molecule has 388 valence electrons. The molecule has 2 aliphatic rings. The molecule has 0 nitrogen and oxygen atoms in total. The molecule has 12 aromatic carbocycles. The van der Waals surface area contributed by atoms with Crippen LogP contribution in [0.2, 0.25) is 26.2 Å². The minimum Gasteiger partial charge on any atom is -1.00 e. The summed E-state index contributed by atoms with van der Waals surface area (Å²) < 4.78 is 0. The summed E-state index contributed by atoms with van der Waals surface area (Å²) in [5.74, 6) is 1.67. The molecule has 0 amide bonds. The molecule has 2 aliphatic carbocycles. The molecule has 2 saturated carbocycles. The third kappa shape index (κ3) is 16.5. The Balaban J connectivity index is 0.000000143. The molecular formula is C72H68Cl2Hf2Si2-2. The van der Waals surface area contributed by atoms with E-state index in [9.17, 15) is 0 Å². The average molecular weight is 1420 g/mol. The minimum absolute atomic E-state index is 0. The number of aryl methyl sites for hydroxylation is 2. The average Bonchev–Trinajstić information content (AvgIpc) is 4.35. The van der Waals surface area contributed by atoms with Crippen molar-refractivity contribution in [2.75, 3.05) is 0 Å². The monoisotopic (exact) mass is 1420 g/mol. The first-order valence-electron chi connectivity index (χ1n) is 26.9. The zero-order chi connectivity index (χ0) is 53.0. The maximum Gasteiger partial charge on any atom is -0.0279 e. The van der Waals surface area contributed by atoms with Gasteiger partial charge >= 0.3 is 83.2 Å². The van der Waals surface area contributed by atoms with Gasteiger partial charge in [-0.3, -0.25) is 0 Å². The standard InChI is InChI=1S/2C18H15.2C16H13.2C2H6Si.2ClH.2Hf/c2*1-2-5-14(6-3-1)17-8-4-7-15-11-16(12-18(15)17)13-9-10-13;2*1-12-10-14-8-5-9-15(16(14)11-12)13-6-3-2-4-7-13;2*1-3-2;;;;/h2*1-8,11-13H,9-10H2;2*2-11H,1H3;2*1-2H3;2*1H;;/q4*-1;;;;;2*+2/p-2. The quantitative estimate of drug-likeness (QED) is 0.115. The smallest absolute Gasteiger partial charge is 0.0279 e. The molecule has 12 aromatic rings. The molecule has 0 N–H and O–H groups in total. The number of fused-ring (bicyclic) bond motifs is 4. The Labute approximate surface area is 506 Å². The van der Waals surface area contributed by atoms with Crippen molar-refractivity contribution in [1.82, 2.24) is 0 Å². The van der Waals surface area contributed by atoms with Gasteiger partial charge in [0, 0.05) is 0 Å². The fraction of sp³-hybridized carbons (Fsp3) is 0.167. The molecule has 0 aromatic heterocycles. The van der Waals surface area contributed by atoms with Gasteiger partial charge in [-0.2, -0.15) is 24.3 Å². The second-order valence-electron chi connectivity index (χ2n) is 20.9. The molecule has 0 unspecified atom stereocenters. The van der Waals surface area contributed by atoms with E-state index in [4.69, 9.17) is 0 Å². The van der Waals surface area contributed by atoms with Crippen molar-refractivity contribution in [3.8, 4) is 44.5 Å². The summed E-state index contributed by atoms with van der Waals surface area (Å²) in [6.07, 6.45) is 5.49. The summed E-state index contributed by atoms with van der Waals surface area (Å²) in [6, 6.07) is 87.3. The second-order valence-corrected chi connectivity index (χ2v) is 46.4. The van der Waals surface area contributed by atoms with E-state index in [0.717, 1.165) is 11.8 Å². The third-order valence-electron chi connectivity index (χ3n) is 13.8. The number of rotatable bonds is 6. The van der Waals surface area contributed by atoms with Gasteiger partial charge in [0.1, 0.15) is 0 Å². The zero-order valence-electron chi connectivity index (χ0n) is 45.8. The second kappa shape index (κ2) is 29.4. The van der Waals surface area contributed by atoms with E-state index < -0.39 is 0 Å². The van der Waals surface area contributed by atoms with E-state index in [-0.39, 0.29) is 35.8 Å². The normalized spacial score (nSPS) is 12.1. The van der Waals surface area contributed by atoms with Crippen molar-refractivity contribution in [1.29, 1.82) is 0 Å².